The summed E-state index contributed by atoms with van der Waals surface area (Å²) in [4.78, 5) is 0. The highest BCUT2D eigenvalue weighted by Crippen LogP contribution is 2.53. The topological polar surface area (TPSA) is 0 Å². The Balaban J connectivity index is 1.94. The van der Waals surface area contributed by atoms with Gasteiger partial charge in [-0.1, -0.05) is 83.9 Å². The molecule has 1 aliphatic rings. The van der Waals surface area contributed by atoms with Crippen LogP contribution in [0.25, 0.3) is 33.0 Å². The number of hydrogen-bond donors (Lipinski definition) is 0. The summed E-state index contributed by atoms with van der Waals surface area (Å²) in [6.07, 6.45) is 0. The first-order valence-corrected chi connectivity index (χ1v) is 10.6. The van der Waals surface area contributed by atoms with Gasteiger partial charge in [-0.3, -0.25) is 0 Å². The molecule has 5 rings (SSSR count). The standard InChI is InChI=1S/C27H23Br/c1-16-9-10-17(2)22(13-16)23-15-25-26(20-8-6-5-7-19(20)23)21-12-11-18(28)14-24(21)27(25,3)4/h5-15H,1-4H3. The fraction of sp³-hybridized carbons (Fsp3) is 0.185. The van der Waals surface area contributed by atoms with Crippen LogP contribution in [0.15, 0.2) is 71.2 Å². The Hall–Kier alpha value is -2.38. The number of hydrogen-bond acceptors (Lipinski definition) is 0. The third-order valence-electron chi connectivity index (χ3n) is 6.33. The predicted octanol–water partition coefficient (Wildman–Crippen LogP) is 8.19. The van der Waals surface area contributed by atoms with E-state index in [-0.39, 0.29) is 5.41 Å². The van der Waals surface area contributed by atoms with E-state index in [0.717, 1.165) is 4.47 Å². The third kappa shape index (κ3) is 2.42. The molecule has 0 spiro atoms. The summed E-state index contributed by atoms with van der Waals surface area (Å²) in [5, 5.41) is 2.69. The molecule has 28 heavy (non-hydrogen) atoms. The number of halogens is 1. The van der Waals surface area contributed by atoms with Crippen LogP contribution in [0, 0.1) is 13.8 Å². The quantitative estimate of drug-likeness (QED) is 0.287. The average Bonchev–Trinajstić information content (AvgIpc) is 2.90. The highest BCUT2D eigenvalue weighted by molar-refractivity contribution is 9.10. The van der Waals surface area contributed by atoms with Gasteiger partial charge in [0.25, 0.3) is 0 Å². The van der Waals surface area contributed by atoms with Crippen molar-refractivity contribution in [2.24, 2.45) is 0 Å². The largest absolute Gasteiger partial charge is 0.0616 e. The lowest BCUT2D eigenvalue weighted by atomic mass is 9.80. The maximum absolute atomic E-state index is 3.68. The zero-order chi connectivity index (χ0) is 19.6. The van der Waals surface area contributed by atoms with E-state index >= 15 is 0 Å². The lowest BCUT2D eigenvalue weighted by Gasteiger charge is -2.23. The van der Waals surface area contributed by atoms with Crippen LogP contribution in [-0.4, -0.2) is 0 Å². The van der Waals surface area contributed by atoms with Gasteiger partial charge in [0.2, 0.25) is 0 Å². The Labute approximate surface area is 175 Å². The lowest BCUT2D eigenvalue weighted by molar-refractivity contribution is 0.660. The lowest BCUT2D eigenvalue weighted by Crippen LogP contribution is -2.15. The van der Waals surface area contributed by atoms with E-state index < -0.39 is 0 Å². The van der Waals surface area contributed by atoms with Gasteiger partial charge >= 0.3 is 0 Å². The molecule has 0 fully saturated rings. The van der Waals surface area contributed by atoms with Crippen molar-refractivity contribution in [1.82, 2.24) is 0 Å². The van der Waals surface area contributed by atoms with Gasteiger partial charge in [0.1, 0.15) is 0 Å². The third-order valence-corrected chi connectivity index (χ3v) is 6.82. The highest BCUT2D eigenvalue weighted by atomic mass is 79.9. The highest BCUT2D eigenvalue weighted by Gasteiger charge is 2.37. The first-order valence-electron chi connectivity index (χ1n) is 9.82. The monoisotopic (exact) mass is 426 g/mol. The second-order valence-corrected chi connectivity index (χ2v) is 9.44. The number of benzene rings is 4. The molecule has 0 N–H and O–H groups in total. The van der Waals surface area contributed by atoms with Gasteiger partial charge in [0.05, 0.1) is 0 Å². The number of fused-ring (bicyclic) bond motifs is 5. The maximum Gasteiger partial charge on any atom is 0.0178 e. The maximum atomic E-state index is 3.68. The van der Waals surface area contributed by atoms with E-state index in [1.54, 1.807) is 0 Å². The Bertz CT molecular complexity index is 1260. The summed E-state index contributed by atoms with van der Waals surface area (Å²) in [6, 6.07) is 24.8. The van der Waals surface area contributed by atoms with Gasteiger partial charge in [0, 0.05) is 9.89 Å². The molecular formula is C27H23Br. The Morgan fingerprint density at radius 1 is 0.679 bits per heavy atom. The fourth-order valence-electron chi connectivity index (χ4n) is 4.80. The van der Waals surface area contributed by atoms with E-state index in [0.29, 0.717) is 0 Å². The summed E-state index contributed by atoms with van der Waals surface area (Å²) in [5.41, 5.74) is 10.9. The molecule has 0 saturated carbocycles. The summed E-state index contributed by atoms with van der Waals surface area (Å²) >= 11 is 3.68. The second-order valence-electron chi connectivity index (χ2n) is 8.53. The van der Waals surface area contributed by atoms with E-state index in [1.165, 1.54) is 55.3 Å². The molecule has 0 aromatic heterocycles. The average molecular weight is 427 g/mol. The number of aryl methyl sites for hydroxylation is 2. The summed E-state index contributed by atoms with van der Waals surface area (Å²) in [6.45, 7) is 9.10. The van der Waals surface area contributed by atoms with Crippen LogP contribution in [0.4, 0.5) is 0 Å². The van der Waals surface area contributed by atoms with Crippen molar-refractivity contribution in [1.29, 1.82) is 0 Å². The zero-order valence-electron chi connectivity index (χ0n) is 16.7. The molecule has 0 amide bonds. The SMILES string of the molecule is Cc1ccc(C)c(-c2cc3c(c4ccccc24)-c2ccc(Br)cc2C3(C)C)c1. The van der Waals surface area contributed by atoms with Crippen molar-refractivity contribution < 1.29 is 0 Å². The van der Waals surface area contributed by atoms with Gasteiger partial charge in [-0.25, -0.2) is 0 Å². The van der Waals surface area contributed by atoms with E-state index in [4.69, 9.17) is 0 Å². The molecule has 0 nitrogen and oxygen atoms in total. The van der Waals surface area contributed by atoms with Crippen LogP contribution < -0.4 is 0 Å². The van der Waals surface area contributed by atoms with Gasteiger partial charge < -0.3 is 0 Å². The second kappa shape index (κ2) is 6.06. The Morgan fingerprint density at radius 2 is 1.43 bits per heavy atom. The molecule has 0 saturated heterocycles. The Morgan fingerprint density at radius 3 is 2.21 bits per heavy atom. The van der Waals surface area contributed by atoms with Gasteiger partial charge in [-0.2, -0.15) is 0 Å². The summed E-state index contributed by atoms with van der Waals surface area (Å²) in [7, 11) is 0. The van der Waals surface area contributed by atoms with Crippen molar-refractivity contribution >= 4 is 26.7 Å². The van der Waals surface area contributed by atoms with Crippen LogP contribution in [-0.2, 0) is 5.41 Å². The van der Waals surface area contributed by atoms with E-state index in [2.05, 4.69) is 110 Å². The van der Waals surface area contributed by atoms with Crippen LogP contribution in [0.3, 0.4) is 0 Å². The molecule has 4 aromatic carbocycles. The predicted molar refractivity (Wildman–Crippen MR) is 124 cm³/mol. The van der Waals surface area contributed by atoms with Crippen molar-refractivity contribution in [3.05, 3.63) is 93.5 Å². The van der Waals surface area contributed by atoms with Crippen molar-refractivity contribution in [2.75, 3.05) is 0 Å². The van der Waals surface area contributed by atoms with E-state index in [1.807, 2.05) is 0 Å². The first-order chi connectivity index (χ1) is 13.4. The normalized spacial score (nSPS) is 14.2. The van der Waals surface area contributed by atoms with Crippen molar-refractivity contribution in [2.45, 2.75) is 33.1 Å². The van der Waals surface area contributed by atoms with Crippen LogP contribution in [0.2, 0.25) is 0 Å². The van der Waals surface area contributed by atoms with Crippen molar-refractivity contribution in [3.8, 4) is 22.3 Å². The van der Waals surface area contributed by atoms with Crippen molar-refractivity contribution in [3.63, 3.8) is 0 Å². The summed E-state index contributed by atoms with van der Waals surface area (Å²) < 4.78 is 1.14. The minimum Gasteiger partial charge on any atom is -0.0616 e. The minimum atomic E-state index is -0.0229. The molecule has 0 heterocycles. The molecule has 0 aliphatic heterocycles. The Kier molecular flexibility index (Phi) is 3.83. The molecule has 0 atom stereocenters. The summed E-state index contributed by atoms with van der Waals surface area (Å²) in [5.74, 6) is 0. The molecule has 0 radical (unpaired) electrons. The molecule has 1 aliphatic carbocycles. The van der Waals surface area contributed by atoms with Crippen LogP contribution >= 0.6 is 15.9 Å². The molecule has 0 bridgehead atoms. The fourth-order valence-corrected chi connectivity index (χ4v) is 5.17. The van der Waals surface area contributed by atoms with Crippen LogP contribution in [0.1, 0.15) is 36.1 Å². The van der Waals surface area contributed by atoms with Crippen LogP contribution in [0.5, 0.6) is 0 Å². The van der Waals surface area contributed by atoms with Gasteiger partial charge in [-0.15, -0.1) is 0 Å². The van der Waals surface area contributed by atoms with Gasteiger partial charge in [0.15, 0.2) is 0 Å². The first kappa shape index (κ1) is 17.7. The smallest absolute Gasteiger partial charge is 0.0178 e. The minimum absolute atomic E-state index is 0.0229. The zero-order valence-corrected chi connectivity index (χ0v) is 18.3. The molecule has 138 valence electrons. The van der Waals surface area contributed by atoms with E-state index in [9.17, 15) is 0 Å². The molecule has 1 heteroatoms. The molecule has 0 unspecified atom stereocenters. The van der Waals surface area contributed by atoms with Gasteiger partial charge in [-0.05, 0) is 81.8 Å². The number of rotatable bonds is 1. The molecule has 4 aromatic rings. The molecular weight excluding hydrogens is 404 g/mol.